The number of carbonyl (C=O) groups excluding carboxylic acids is 2. The standard InChI is InChI=1S/C41H74O15/c1-3-5-7-9-11-12-13-14-15-16-18-20-22-24-33(44)54-29(26-51-32(43)23-21-19-17-10-8-6-4-2)27-52-40-39(50)37(48)35(46)31(56-40)28-53-41-38(49)36(47)34(45)30(25-42)55-41/h12-13,29-31,34-42,45-50H,3-11,14-28H2,1-2H3/b13-12-. The van der Waals surface area contributed by atoms with E-state index in [1.165, 1.54) is 38.5 Å². The Labute approximate surface area is 333 Å². The Balaban J connectivity index is 1.88. The second kappa shape index (κ2) is 30.3. The summed E-state index contributed by atoms with van der Waals surface area (Å²) in [5, 5.41) is 71.6. The van der Waals surface area contributed by atoms with Gasteiger partial charge in [-0.1, -0.05) is 103 Å². The summed E-state index contributed by atoms with van der Waals surface area (Å²) in [6.07, 6.45) is 7.19. The Bertz CT molecular complexity index is 1040. The van der Waals surface area contributed by atoms with Crippen LogP contribution in [-0.4, -0.2) is 142 Å². The van der Waals surface area contributed by atoms with E-state index in [-0.39, 0.29) is 26.1 Å². The van der Waals surface area contributed by atoms with Crippen molar-refractivity contribution in [2.24, 2.45) is 0 Å². The number of carbonyl (C=O) groups is 2. The van der Waals surface area contributed by atoms with Crippen molar-refractivity contribution < 1.29 is 73.8 Å². The number of esters is 2. The smallest absolute Gasteiger partial charge is 0.306 e. The summed E-state index contributed by atoms with van der Waals surface area (Å²) in [4.78, 5) is 25.4. The van der Waals surface area contributed by atoms with Gasteiger partial charge in [-0.25, -0.2) is 0 Å². The van der Waals surface area contributed by atoms with Crippen molar-refractivity contribution in [3.05, 3.63) is 12.2 Å². The lowest BCUT2D eigenvalue weighted by molar-refractivity contribution is -0.332. The van der Waals surface area contributed by atoms with E-state index >= 15 is 0 Å². The lowest BCUT2D eigenvalue weighted by Gasteiger charge is -2.42. The Morgan fingerprint density at radius 1 is 0.554 bits per heavy atom. The highest BCUT2D eigenvalue weighted by Crippen LogP contribution is 2.26. The fourth-order valence-electron chi connectivity index (χ4n) is 6.62. The second-order valence-electron chi connectivity index (χ2n) is 15.2. The Kier molecular flexibility index (Phi) is 27.3. The van der Waals surface area contributed by atoms with Gasteiger partial charge in [0.05, 0.1) is 19.8 Å². The highest BCUT2D eigenvalue weighted by atomic mass is 16.7. The molecule has 0 spiro atoms. The van der Waals surface area contributed by atoms with Crippen LogP contribution in [0.3, 0.4) is 0 Å². The molecule has 2 heterocycles. The van der Waals surface area contributed by atoms with Crippen LogP contribution in [0, 0.1) is 0 Å². The summed E-state index contributed by atoms with van der Waals surface area (Å²) in [7, 11) is 0. The van der Waals surface area contributed by atoms with Gasteiger partial charge in [-0.3, -0.25) is 9.59 Å². The minimum absolute atomic E-state index is 0.158. The highest BCUT2D eigenvalue weighted by molar-refractivity contribution is 5.70. The molecule has 15 nitrogen and oxygen atoms in total. The third kappa shape index (κ3) is 19.8. The summed E-state index contributed by atoms with van der Waals surface area (Å²) >= 11 is 0. The minimum Gasteiger partial charge on any atom is -0.462 e. The summed E-state index contributed by atoms with van der Waals surface area (Å²) in [5.41, 5.74) is 0. The maximum Gasteiger partial charge on any atom is 0.306 e. The third-order valence-corrected chi connectivity index (χ3v) is 10.2. The van der Waals surface area contributed by atoms with Crippen LogP contribution in [0.5, 0.6) is 0 Å². The molecule has 11 atom stereocenters. The maximum absolute atomic E-state index is 12.9. The van der Waals surface area contributed by atoms with Crippen molar-refractivity contribution in [3.63, 3.8) is 0 Å². The molecule has 0 aromatic carbocycles. The minimum atomic E-state index is -1.76. The molecule has 2 fully saturated rings. The number of ether oxygens (including phenoxy) is 6. The first-order valence-electron chi connectivity index (χ1n) is 21.3. The number of rotatable bonds is 31. The molecule has 0 bridgehead atoms. The SMILES string of the molecule is CCCCCC/C=C\CCCCCCCC(=O)OC(COC(=O)CCCCCCCCC)COC1OC(COC2OC(CO)C(O)C(O)C2O)C(O)C(O)C1O. The van der Waals surface area contributed by atoms with Crippen LogP contribution < -0.4 is 0 Å². The van der Waals surface area contributed by atoms with Crippen LogP contribution in [0.2, 0.25) is 0 Å². The molecule has 328 valence electrons. The number of hydrogen-bond donors (Lipinski definition) is 7. The largest absolute Gasteiger partial charge is 0.462 e. The maximum atomic E-state index is 12.9. The monoisotopic (exact) mass is 807 g/mol. The first-order valence-corrected chi connectivity index (χ1v) is 21.3. The quantitative estimate of drug-likeness (QED) is 0.0302. The van der Waals surface area contributed by atoms with Gasteiger partial charge in [0.25, 0.3) is 0 Å². The Morgan fingerprint density at radius 3 is 1.59 bits per heavy atom. The zero-order valence-electron chi connectivity index (χ0n) is 33.9. The van der Waals surface area contributed by atoms with Gasteiger partial charge in [-0.05, 0) is 38.5 Å². The van der Waals surface area contributed by atoms with Crippen LogP contribution >= 0.6 is 0 Å². The van der Waals surface area contributed by atoms with Gasteiger partial charge in [-0.15, -0.1) is 0 Å². The molecule has 0 amide bonds. The van der Waals surface area contributed by atoms with Crippen molar-refractivity contribution in [3.8, 4) is 0 Å². The molecule has 2 rings (SSSR count). The van der Waals surface area contributed by atoms with E-state index in [1.54, 1.807) is 0 Å². The second-order valence-corrected chi connectivity index (χ2v) is 15.2. The number of allylic oxidation sites excluding steroid dienone is 2. The number of unbranched alkanes of at least 4 members (excludes halogenated alkanes) is 15. The van der Waals surface area contributed by atoms with Crippen molar-refractivity contribution >= 4 is 11.9 Å². The summed E-state index contributed by atoms with van der Waals surface area (Å²) in [6.45, 7) is 2.48. The first kappa shape index (κ1) is 50.4. The molecule has 0 aromatic heterocycles. The Morgan fingerprint density at radius 2 is 1.02 bits per heavy atom. The van der Waals surface area contributed by atoms with Gasteiger partial charge in [-0.2, -0.15) is 0 Å². The van der Waals surface area contributed by atoms with Gasteiger partial charge in [0.15, 0.2) is 18.7 Å². The van der Waals surface area contributed by atoms with Crippen molar-refractivity contribution in [1.82, 2.24) is 0 Å². The van der Waals surface area contributed by atoms with Crippen LogP contribution in [0.15, 0.2) is 12.2 Å². The van der Waals surface area contributed by atoms with E-state index in [9.17, 15) is 45.3 Å². The van der Waals surface area contributed by atoms with Crippen molar-refractivity contribution in [1.29, 1.82) is 0 Å². The average Bonchev–Trinajstić information content (AvgIpc) is 3.19. The fourth-order valence-corrected chi connectivity index (χ4v) is 6.62. The van der Waals surface area contributed by atoms with Crippen LogP contribution in [-0.2, 0) is 38.0 Å². The molecular weight excluding hydrogens is 732 g/mol. The van der Waals surface area contributed by atoms with Gasteiger partial charge in [0.1, 0.15) is 55.4 Å². The molecule has 0 aliphatic carbocycles. The van der Waals surface area contributed by atoms with Crippen LogP contribution in [0.4, 0.5) is 0 Å². The van der Waals surface area contributed by atoms with E-state index in [0.717, 1.165) is 64.2 Å². The van der Waals surface area contributed by atoms with E-state index in [2.05, 4.69) is 26.0 Å². The predicted molar refractivity (Wildman–Crippen MR) is 206 cm³/mol. The van der Waals surface area contributed by atoms with Gasteiger partial charge >= 0.3 is 11.9 Å². The lowest BCUT2D eigenvalue weighted by Crippen LogP contribution is -2.61. The highest BCUT2D eigenvalue weighted by Gasteiger charge is 2.47. The average molecular weight is 807 g/mol. The summed E-state index contributed by atoms with van der Waals surface area (Å²) < 4.78 is 33.3. The van der Waals surface area contributed by atoms with Crippen molar-refractivity contribution in [2.45, 2.75) is 210 Å². The van der Waals surface area contributed by atoms with E-state index in [4.69, 9.17) is 28.4 Å². The van der Waals surface area contributed by atoms with Crippen molar-refractivity contribution in [2.75, 3.05) is 26.4 Å². The summed E-state index contributed by atoms with van der Waals surface area (Å²) in [6, 6.07) is 0. The van der Waals surface area contributed by atoms with Gasteiger partial charge < -0.3 is 64.2 Å². The first-order chi connectivity index (χ1) is 27.0. The zero-order chi connectivity index (χ0) is 41.1. The molecule has 56 heavy (non-hydrogen) atoms. The van der Waals surface area contributed by atoms with E-state index < -0.39 is 92.7 Å². The fraction of sp³-hybridized carbons (Fsp3) is 0.902. The number of aliphatic hydroxyl groups excluding tert-OH is 7. The number of hydrogen-bond acceptors (Lipinski definition) is 15. The molecule has 11 unspecified atom stereocenters. The van der Waals surface area contributed by atoms with Gasteiger partial charge in [0.2, 0.25) is 0 Å². The van der Waals surface area contributed by atoms with E-state index in [1.807, 2.05) is 0 Å². The van der Waals surface area contributed by atoms with Crippen LogP contribution in [0.1, 0.15) is 142 Å². The molecule has 15 heteroatoms. The Hall–Kier alpha value is -1.76. The van der Waals surface area contributed by atoms with E-state index in [0.29, 0.717) is 12.8 Å². The molecule has 0 aromatic rings. The number of aliphatic hydroxyl groups is 7. The molecule has 0 saturated carbocycles. The van der Waals surface area contributed by atoms with Gasteiger partial charge in [0, 0.05) is 12.8 Å². The normalized spacial score (nSPS) is 28.7. The zero-order valence-corrected chi connectivity index (χ0v) is 33.9. The molecule has 0 radical (unpaired) electrons. The predicted octanol–water partition coefficient (Wildman–Crippen LogP) is 3.48. The molecule has 2 saturated heterocycles. The molecular formula is C41H74O15. The topological polar surface area (TPSA) is 231 Å². The molecule has 7 N–H and O–H groups in total. The summed E-state index contributed by atoms with van der Waals surface area (Å²) in [5.74, 6) is -0.942. The molecule has 2 aliphatic rings. The van der Waals surface area contributed by atoms with Crippen LogP contribution in [0.25, 0.3) is 0 Å². The molecule has 2 aliphatic heterocycles. The third-order valence-electron chi connectivity index (χ3n) is 10.2. The lowest BCUT2D eigenvalue weighted by atomic mass is 9.98.